The number of benzene rings is 3. The van der Waals surface area contributed by atoms with Crippen LogP contribution in [0.4, 0.5) is 0 Å². The summed E-state index contributed by atoms with van der Waals surface area (Å²) < 4.78 is 2.39. The van der Waals surface area contributed by atoms with Crippen molar-refractivity contribution in [2.24, 2.45) is 0 Å². The minimum absolute atomic E-state index is 0. The predicted molar refractivity (Wildman–Crippen MR) is 90.4 cm³/mol. The van der Waals surface area contributed by atoms with Gasteiger partial charge >= 0.3 is 18.9 Å². The van der Waals surface area contributed by atoms with Crippen molar-refractivity contribution in [3.8, 4) is 16.9 Å². The Morgan fingerprint density at radius 1 is 0.826 bits per heavy atom. The summed E-state index contributed by atoms with van der Waals surface area (Å²) in [5.74, 6) is 0. The van der Waals surface area contributed by atoms with Crippen molar-refractivity contribution in [3.05, 3.63) is 90.0 Å². The van der Waals surface area contributed by atoms with Crippen LogP contribution in [0.2, 0.25) is 0 Å². The molecule has 0 amide bonds. The molecule has 0 spiro atoms. The largest absolute Gasteiger partial charge is 1.00 e. The average Bonchev–Trinajstić information content (AvgIpc) is 3.10. The molecule has 1 aromatic heterocycles. The molecule has 0 unspecified atom stereocenters. The molecule has 5 rings (SSSR count). The molecule has 1 heterocycles. The molecule has 0 N–H and O–H groups in total. The Hall–Kier alpha value is -2.20. The van der Waals surface area contributed by atoms with E-state index in [-0.39, 0.29) is 18.9 Å². The van der Waals surface area contributed by atoms with Crippen molar-refractivity contribution in [1.82, 2.24) is 4.57 Å². The Labute approximate surface area is 147 Å². The Balaban J connectivity index is 0.00000135. The van der Waals surface area contributed by atoms with E-state index in [2.05, 4.69) is 77.4 Å². The number of para-hydroxylation sites is 2. The van der Waals surface area contributed by atoms with Gasteiger partial charge in [-0.2, -0.15) is 24.3 Å². The van der Waals surface area contributed by atoms with Crippen molar-refractivity contribution in [1.29, 1.82) is 0 Å². The number of hydrogen-bond acceptors (Lipinski definition) is 0. The Bertz CT molecular complexity index is 999. The molecule has 0 fully saturated rings. The second-order valence-corrected chi connectivity index (χ2v) is 5.75. The SMILES string of the molecule is [Li+].[c-]1cccc2c1Cc1c-2n(-c2ccccc2)c2ccccc12. The minimum Gasteiger partial charge on any atom is -0.321 e. The zero-order valence-electron chi connectivity index (χ0n) is 13.1. The van der Waals surface area contributed by atoms with Crippen LogP contribution >= 0.6 is 0 Å². The van der Waals surface area contributed by atoms with Crippen molar-refractivity contribution < 1.29 is 18.9 Å². The van der Waals surface area contributed by atoms with Crippen LogP contribution in [0.5, 0.6) is 0 Å². The summed E-state index contributed by atoms with van der Waals surface area (Å²) in [6.45, 7) is 0. The fourth-order valence-electron chi connectivity index (χ4n) is 3.63. The van der Waals surface area contributed by atoms with E-state index in [0.717, 1.165) is 6.42 Å². The van der Waals surface area contributed by atoms with Gasteiger partial charge in [0.2, 0.25) is 0 Å². The van der Waals surface area contributed by atoms with E-state index < -0.39 is 0 Å². The Kier molecular flexibility index (Phi) is 3.42. The third-order valence-corrected chi connectivity index (χ3v) is 4.54. The van der Waals surface area contributed by atoms with Crippen molar-refractivity contribution in [2.45, 2.75) is 6.42 Å². The molecule has 3 aromatic carbocycles. The molecule has 0 saturated heterocycles. The van der Waals surface area contributed by atoms with Gasteiger partial charge in [-0.3, -0.25) is 0 Å². The van der Waals surface area contributed by atoms with E-state index in [1.54, 1.807) is 0 Å². The number of hydrogen-bond donors (Lipinski definition) is 0. The first-order valence-electron chi connectivity index (χ1n) is 7.61. The van der Waals surface area contributed by atoms with Gasteiger partial charge in [-0.05, 0) is 30.2 Å². The van der Waals surface area contributed by atoms with E-state index in [0.29, 0.717) is 0 Å². The van der Waals surface area contributed by atoms with E-state index in [1.807, 2.05) is 6.07 Å². The molecule has 0 aliphatic heterocycles. The van der Waals surface area contributed by atoms with E-state index in [1.165, 1.54) is 39.0 Å². The Morgan fingerprint density at radius 3 is 2.48 bits per heavy atom. The standard InChI is InChI=1S/C21H14N.Li/c1-2-9-16(10-3-1)22-20-13-7-6-12-18(20)19-14-15-8-4-5-11-17(15)21(19)22;/h1-7,9-13H,14H2;/q-1;+1. The summed E-state index contributed by atoms with van der Waals surface area (Å²) in [4.78, 5) is 0. The first-order chi connectivity index (χ1) is 10.9. The fourth-order valence-corrected chi connectivity index (χ4v) is 3.63. The van der Waals surface area contributed by atoms with Crippen LogP contribution in [-0.4, -0.2) is 4.57 Å². The molecule has 1 nitrogen and oxygen atoms in total. The number of nitrogens with zero attached hydrogens (tertiary/aromatic N) is 1. The monoisotopic (exact) mass is 287 g/mol. The predicted octanol–water partition coefficient (Wildman–Crippen LogP) is 2.01. The van der Waals surface area contributed by atoms with Crippen LogP contribution in [0, 0.1) is 6.07 Å². The smallest absolute Gasteiger partial charge is 0.321 e. The second-order valence-electron chi connectivity index (χ2n) is 5.75. The summed E-state index contributed by atoms with van der Waals surface area (Å²) >= 11 is 0. The number of aromatic nitrogens is 1. The molecule has 1 aliphatic rings. The molecule has 0 bridgehead atoms. The maximum atomic E-state index is 3.41. The minimum atomic E-state index is 0. The van der Waals surface area contributed by atoms with Gasteiger partial charge in [-0.15, -0.1) is 11.1 Å². The van der Waals surface area contributed by atoms with Crippen LogP contribution in [0.1, 0.15) is 11.1 Å². The van der Waals surface area contributed by atoms with Gasteiger partial charge < -0.3 is 4.57 Å². The van der Waals surface area contributed by atoms with Crippen LogP contribution in [-0.2, 0) is 6.42 Å². The zero-order valence-corrected chi connectivity index (χ0v) is 13.1. The average molecular weight is 287 g/mol. The van der Waals surface area contributed by atoms with E-state index >= 15 is 0 Å². The van der Waals surface area contributed by atoms with Gasteiger partial charge in [0.1, 0.15) is 0 Å². The van der Waals surface area contributed by atoms with E-state index in [9.17, 15) is 0 Å². The summed E-state index contributed by atoms with van der Waals surface area (Å²) in [6.07, 6.45) is 0.978. The van der Waals surface area contributed by atoms with Crippen LogP contribution in [0.25, 0.3) is 27.8 Å². The van der Waals surface area contributed by atoms with Gasteiger partial charge in [0.15, 0.2) is 0 Å². The fraction of sp³-hybridized carbons (Fsp3) is 0.0476. The molecule has 23 heavy (non-hydrogen) atoms. The molecule has 0 atom stereocenters. The molecular weight excluding hydrogens is 273 g/mol. The maximum absolute atomic E-state index is 3.41. The molecule has 2 heteroatoms. The first kappa shape index (κ1) is 14.4. The van der Waals surface area contributed by atoms with Gasteiger partial charge in [0.05, 0.1) is 5.52 Å². The number of fused-ring (bicyclic) bond motifs is 5. The van der Waals surface area contributed by atoms with E-state index in [4.69, 9.17) is 0 Å². The zero-order chi connectivity index (χ0) is 14.5. The summed E-state index contributed by atoms with van der Waals surface area (Å²) in [6, 6.07) is 29.1. The van der Waals surface area contributed by atoms with Gasteiger partial charge in [0, 0.05) is 16.8 Å². The quantitative estimate of drug-likeness (QED) is 0.328. The summed E-state index contributed by atoms with van der Waals surface area (Å²) in [5, 5.41) is 1.35. The van der Waals surface area contributed by atoms with Gasteiger partial charge in [-0.1, -0.05) is 36.4 Å². The molecule has 0 saturated carbocycles. The van der Waals surface area contributed by atoms with Gasteiger partial charge in [-0.25, -0.2) is 0 Å². The van der Waals surface area contributed by atoms with Crippen LogP contribution in [0.3, 0.4) is 0 Å². The summed E-state index contributed by atoms with van der Waals surface area (Å²) in [7, 11) is 0. The normalized spacial score (nSPS) is 11.8. The van der Waals surface area contributed by atoms with Crippen molar-refractivity contribution in [3.63, 3.8) is 0 Å². The molecule has 4 aromatic rings. The van der Waals surface area contributed by atoms with Crippen LogP contribution < -0.4 is 18.9 Å². The molecule has 0 radical (unpaired) electrons. The molecular formula is C21H14LiN. The van der Waals surface area contributed by atoms with Crippen LogP contribution in [0.15, 0.2) is 72.8 Å². The maximum Gasteiger partial charge on any atom is 1.00 e. The molecule has 104 valence electrons. The topological polar surface area (TPSA) is 4.93 Å². The first-order valence-corrected chi connectivity index (χ1v) is 7.61. The number of rotatable bonds is 1. The van der Waals surface area contributed by atoms with Gasteiger partial charge in [0.25, 0.3) is 0 Å². The third kappa shape index (κ3) is 2.01. The third-order valence-electron chi connectivity index (χ3n) is 4.54. The van der Waals surface area contributed by atoms with Crippen molar-refractivity contribution in [2.75, 3.05) is 0 Å². The van der Waals surface area contributed by atoms with Crippen molar-refractivity contribution >= 4 is 10.9 Å². The summed E-state index contributed by atoms with van der Waals surface area (Å²) in [5.41, 5.74) is 7.89. The molecule has 1 aliphatic carbocycles. The Morgan fingerprint density at radius 2 is 1.61 bits per heavy atom. The second kappa shape index (κ2) is 5.46.